The van der Waals surface area contributed by atoms with Gasteiger partial charge in [0.25, 0.3) is 0 Å². The lowest BCUT2D eigenvalue weighted by molar-refractivity contribution is 0.118. The molecule has 0 bridgehead atoms. The molecule has 3 aliphatic rings. The molecule has 3 fully saturated rings. The van der Waals surface area contributed by atoms with Crippen molar-refractivity contribution in [3.63, 3.8) is 0 Å². The second-order valence-electron chi connectivity index (χ2n) is 7.60. The highest BCUT2D eigenvalue weighted by molar-refractivity contribution is 7.10. The van der Waals surface area contributed by atoms with Crippen LogP contribution in [0.15, 0.2) is 17.5 Å². The minimum Gasteiger partial charge on any atom is -0.306 e. The number of hydrogen-bond donors (Lipinski definition) is 1. The molecule has 122 valence electrons. The van der Waals surface area contributed by atoms with E-state index in [0.29, 0.717) is 6.04 Å². The number of thiophene rings is 1. The molecule has 0 aromatic carbocycles. The zero-order valence-electron chi connectivity index (χ0n) is 13.7. The highest BCUT2D eigenvalue weighted by atomic mass is 32.1. The zero-order valence-corrected chi connectivity index (χ0v) is 14.5. The van der Waals surface area contributed by atoms with E-state index in [-0.39, 0.29) is 0 Å². The third-order valence-electron chi connectivity index (χ3n) is 5.96. The van der Waals surface area contributed by atoms with Gasteiger partial charge in [-0.1, -0.05) is 12.5 Å². The van der Waals surface area contributed by atoms with Crippen molar-refractivity contribution in [2.75, 3.05) is 13.1 Å². The Morgan fingerprint density at radius 2 is 1.77 bits per heavy atom. The summed E-state index contributed by atoms with van der Waals surface area (Å²) in [4.78, 5) is 4.36. The molecule has 1 saturated heterocycles. The first-order valence-corrected chi connectivity index (χ1v) is 10.3. The van der Waals surface area contributed by atoms with Gasteiger partial charge in [-0.2, -0.15) is 0 Å². The third kappa shape index (κ3) is 3.58. The summed E-state index contributed by atoms with van der Waals surface area (Å²) < 4.78 is 0. The van der Waals surface area contributed by atoms with Crippen molar-refractivity contribution in [1.82, 2.24) is 10.2 Å². The summed E-state index contributed by atoms with van der Waals surface area (Å²) in [6.45, 7) is 2.73. The molecule has 1 unspecified atom stereocenters. The van der Waals surface area contributed by atoms with E-state index >= 15 is 0 Å². The summed E-state index contributed by atoms with van der Waals surface area (Å²) in [7, 11) is 0. The van der Waals surface area contributed by atoms with Crippen molar-refractivity contribution in [3.8, 4) is 0 Å². The number of rotatable bonds is 5. The summed E-state index contributed by atoms with van der Waals surface area (Å²) in [6, 6.07) is 6.84. The Morgan fingerprint density at radius 1 is 1.00 bits per heavy atom. The fourth-order valence-electron chi connectivity index (χ4n) is 4.49. The predicted octanol–water partition coefficient (Wildman–Crippen LogP) is 4.59. The van der Waals surface area contributed by atoms with Crippen LogP contribution in [0.25, 0.3) is 0 Å². The standard InChI is InChI=1S/C19H30N2S/c1-2-12-21(13-3-1)17-10-8-16(9-11-17)20-19(15-6-7-15)18-5-4-14-22-18/h4-5,14-17,19-20H,1-3,6-13H2. The second-order valence-corrected chi connectivity index (χ2v) is 8.58. The van der Waals surface area contributed by atoms with Crippen molar-refractivity contribution in [3.05, 3.63) is 22.4 Å². The molecule has 1 N–H and O–H groups in total. The minimum absolute atomic E-state index is 0.650. The van der Waals surface area contributed by atoms with Gasteiger partial charge in [-0.25, -0.2) is 0 Å². The van der Waals surface area contributed by atoms with Crippen LogP contribution in [-0.4, -0.2) is 30.1 Å². The average Bonchev–Trinajstić information content (AvgIpc) is 3.28. The van der Waals surface area contributed by atoms with Gasteiger partial charge in [0, 0.05) is 23.0 Å². The van der Waals surface area contributed by atoms with Crippen LogP contribution in [-0.2, 0) is 0 Å². The van der Waals surface area contributed by atoms with Crippen LogP contribution in [0.2, 0.25) is 0 Å². The van der Waals surface area contributed by atoms with E-state index in [1.807, 2.05) is 11.3 Å². The number of hydrogen-bond acceptors (Lipinski definition) is 3. The molecule has 4 rings (SSSR count). The van der Waals surface area contributed by atoms with Crippen LogP contribution in [0.3, 0.4) is 0 Å². The van der Waals surface area contributed by atoms with Gasteiger partial charge in [0.15, 0.2) is 0 Å². The maximum absolute atomic E-state index is 4.04. The molecule has 0 amide bonds. The maximum atomic E-state index is 4.04. The quantitative estimate of drug-likeness (QED) is 0.854. The molecular weight excluding hydrogens is 288 g/mol. The first-order chi connectivity index (χ1) is 10.9. The highest BCUT2D eigenvalue weighted by Crippen LogP contribution is 2.43. The molecule has 2 aliphatic carbocycles. The van der Waals surface area contributed by atoms with Crippen molar-refractivity contribution >= 4 is 11.3 Å². The minimum atomic E-state index is 0.650. The molecule has 22 heavy (non-hydrogen) atoms. The molecule has 0 radical (unpaired) electrons. The Morgan fingerprint density at radius 3 is 2.41 bits per heavy atom. The first kappa shape index (κ1) is 15.2. The monoisotopic (exact) mass is 318 g/mol. The second kappa shape index (κ2) is 7.02. The fraction of sp³-hybridized carbons (Fsp3) is 0.789. The summed E-state index contributed by atoms with van der Waals surface area (Å²) >= 11 is 1.94. The summed E-state index contributed by atoms with van der Waals surface area (Å²) in [5.74, 6) is 0.915. The van der Waals surface area contributed by atoms with E-state index in [1.54, 1.807) is 4.88 Å². The van der Waals surface area contributed by atoms with E-state index < -0.39 is 0 Å². The van der Waals surface area contributed by atoms with Gasteiger partial charge in [0.05, 0.1) is 0 Å². The molecule has 1 aliphatic heterocycles. The number of likely N-dealkylation sites (tertiary alicyclic amines) is 1. The topological polar surface area (TPSA) is 15.3 Å². The van der Waals surface area contributed by atoms with Gasteiger partial charge in [-0.3, -0.25) is 0 Å². The van der Waals surface area contributed by atoms with Crippen molar-refractivity contribution in [2.24, 2.45) is 5.92 Å². The summed E-state index contributed by atoms with van der Waals surface area (Å²) in [5.41, 5.74) is 0. The molecule has 0 spiro atoms. The summed E-state index contributed by atoms with van der Waals surface area (Å²) in [5, 5.41) is 6.27. The van der Waals surface area contributed by atoms with E-state index in [2.05, 4.69) is 27.7 Å². The Kier molecular flexibility index (Phi) is 4.84. The van der Waals surface area contributed by atoms with E-state index in [0.717, 1.165) is 18.0 Å². The van der Waals surface area contributed by atoms with Crippen molar-refractivity contribution in [2.45, 2.75) is 75.9 Å². The van der Waals surface area contributed by atoms with Gasteiger partial charge < -0.3 is 10.2 Å². The molecule has 2 saturated carbocycles. The van der Waals surface area contributed by atoms with Crippen LogP contribution < -0.4 is 5.32 Å². The summed E-state index contributed by atoms with van der Waals surface area (Å²) in [6.07, 6.45) is 12.8. The molecule has 2 heterocycles. The predicted molar refractivity (Wildman–Crippen MR) is 94.4 cm³/mol. The van der Waals surface area contributed by atoms with E-state index in [9.17, 15) is 0 Å². The first-order valence-electron chi connectivity index (χ1n) is 9.43. The Labute approximate surface area is 139 Å². The van der Waals surface area contributed by atoms with E-state index in [4.69, 9.17) is 0 Å². The maximum Gasteiger partial charge on any atom is 0.0445 e. The highest BCUT2D eigenvalue weighted by Gasteiger charge is 2.35. The smallest absolute Gasteiger partial charge is 0.0445 e. The molecule has 3 heteroatoms. The Hall–Kier alpha value is -0.380. The van der Waals surface area contributed by atoms with Gasteiger partial charge in [-0.05, 0) is 81.8 Å². The molecule has 1 aromatic heterocycles. The number of nitrogens with one attached hydrogen (secondary N) is 1. The molecule has 1 aromatic rings. The van der Waals surface area contributed by atoms with Crippen LogP contribution in [0.4, 0.5) is 0 Å². The lowest BCUT2D eigenvalue weighted by Crippen LogP contribution is -2.45. The van der Waals surface area contributed by atoms with Crippen molar-refractivity contribution < 1.29 is 0 Å². The van der Waals surface area contributed by atoms with Crippen LogP contribution >= 0.6 is 11.3 Å². The van der Waals surface area contributed by atoms with Crippen LogP contribution in [0.1, 0.15) is 68.7 Å². The normalized spacial score (nSPS) is 32.0. The van der Waals surface area contributed by atoms with Gasteiger partial charge in [-0.15, -0.1) is 11.3 Å². The third-order valence-corrected chi connectivity index (χ3v) is 6.92. The van der Waals surface area contributed by atoms with Gasteiger partial charge >= 0.3 is 0 Å². The fourth-order valence-corrected chi connectivity index (χ4v) is 5.37. The van der Waals surface area contributed by atoms with Crippen LogP contribution in [0, 0.1) is 5.92 Å². The average molecular weight is 319 g/mol. The number of piperidine rings is 1. The molecular formula is C19H30N2S. The Bertz CT molecular complexity index is 440. The lowest BCUT2D eigenvalue weighted by Gasteiger charge is -2.40. The van der Waals surface area contributed by atoms with Gasteiger partial charge in [0.1, 0.15) is 0 Å². The Balaban J connectivity index is 1.29. The van der Waals surface area contributed by atoms with Crippen molar-refractivity contribution in [1.29, 1.82) is 0 Å². The van der Waals surface area contributed by atoms with Gasteiger partial charge in [0.2, 0.25) is 0 Å². The zero-order chi connectivity index (χ0) is 14.8. The van der Waals surface area contributed by atoms with Crippen LogP contribution in [0.5, 0.6) is 0 Å². The lowest BCUT2D eigenvalue weighted by atomic mass is 9.88. The number of nitrogens with zero attached hydrogens (tertiary/aromatic N) is 1. The molecule has 2 nitrogen and oxygen atoms in total. The largest absolute Gasteiger partial charge is 0.306 e. The SMILES string of the molecule is c1csc(C(NC2CCC(N3CCCCC3)CC2)C2CC2)c1. The molecule has 1 atom stereocenters. The van der Waals surface area contributed by atoms with E-state index in [1.165, 1.54) is 70.9 Å².